The van der Waals surface area contributed by atoms with Gasteiger partial charge in [-0.25, -0.2) is 0 Å². The zero-order valence-corrected chi connectivity index (χ0v) is 11.4. The topological polar surface area (TPSA) is 35.5 Å². The third kappa shape index (κ3) is 4.23. The third-order valence-corrected chi connectivity index (χ3v) is 4.17. The van der Waals surface area contributed by atoms with Crippen molar-refractivity contribution in [2.75, 3.05) is 26.2 Å². The second-order valence-corrected chi connectivity index (χ2v) is 6.04. The van der Waals surface area contributed by atoms with Crippen molar-refractivity contribution in [3.05, 3.63) is 0 Å². The molecule has 0 spiro atoms. The predicted molar refractivity (Wildman–Crippen MR) is 71.0 cm³/mol. The van der Waals surface area contributed by atoms with Gasteiger partial charge in [-0.3, -0.25) is 0 Å². The first-order chi connectivity index (χ1) is 8.19. The van der Waals surface area contributed by atoms with Crippen LogP contribution in [0.2, 0.25) is 0 Å². The Labute approximate surface area is 106 Å². The average Bonchev–Trinajstić information content (AvgIpc) is 3.10. The maximum atomic E-state index is 9.82. The predicted octanol–water partition coefficient (Wildman–Crippen LogP) is 1.47. The van der Waals surface area contributed by atoms with Gasteiger partial charge < -0.3 is 15.3 Å². The van der Waals surface area contributed by atoms with Crippen molar-refractivity contribution in [1.82, 2.24) is 10.2 Å². The minimum atomic E-state index is -0.167. The molecule has 100 valence electrons. The Kier molecular flexibility index (Phi) is 4.83. The molecule has 2 fully saturated rings. The van der Waals surface area contributed by atoms with E-state index >= 15 is 0 Å². The molecule has 2 aliphatic rings. The molecule has 1 aliphatic heterocycles. The van der Waals surface area contributed by atoms with E-state index in [4.69, 9.17) is 0 Å². The summed E-state index contributed by atoms with van der Waals surface area (Å²) in [4.78, 5) is 2.52. The van der Waals surface area contributed by atoms with Gasteiger partial charge in [0.2, 0.25) is 0 Å². The van der Waals surface area contributed by atoms with Gasteiger partial charge in [-0.05, 0) is 57.5 Å². The lowest BCUT2D eigenvalue weighted by Crippen LogP contribution is -2.51. The molecule has 0 aromatic carbocycles. The molecule has 0 aromatic heterocycles. The maximum absolute atomic E-state index is 9.82. The van der Waals surface area contributed by atoms with Crippen LogP contribution in [0.15, 0.2) is 0 Å². The lowest BCUT2D eigenvalue weighted by Gasteiger charge is -2.39. The molecule has 1 aliphatic carbocycles. The summed E-state index contributed by atoms with van der Waals surface area (Å²) in [6.45, 7) is 8.79. The largest absolute Gasteiger partial charge is 0.393 e. The highest BCUT2D eigenvalue weighted by Gasteiger charge is 2.30. The van der Waals surface area contributed by atoms with Gasteiger partial charge in [-0.15, -0.1) is 0 Å². The Morgan fingerprint density at radius 2 is 2.12 bits per heavy atom. The van der Waals surface area contributed by atoms with Crippen molar-refractivity contribution in [2.45, 2.75) is 51.7 Å². The molecule has 3 atom stereocenters. The van der Waals surface area contributed by atoms with Crippen LogP contribution in [0.4, 0.5) is 0 Å². The number of hydrogen-bond acceptors (Lipinski definition) is 3. The molecule has 1 saturated heterocycles. The van der Waals surface area contributed by atoms with Gasteiger partial charge >= 0.3 is 0 Å². The smallest absolute Gasteiger partial charge is 0.0553 e. The Bertz CT molecular complexity index is 228. The van der Waals surface area contributed by atoms with Crippen LogP contribution in [0.25, 0.3) is 0 Å². The Balaban J connectivity index is 1.81. The summed E-state index contributed by atoms with van der Waals surface area (Å²) < 4.78 is 0. The van der Waals surface area contributed by atoms with Crippen molar-refractivity contribution in [2.24, 2.45) is 11.8 Å². The number of likely N-dealkylation sites (tertiary alicyclic amines) is 1. The number of hydrogen-bond donors (Lipinski definition) is 2. The second kappa shape index (κ2) is 6.17. The lowest BCUT2D eigenvalue weighted by molar-refractivity contribution is 0.0480. The van der Waals surface area contributed by atoms with E-state index in [9.17, 15) is 5.11 Å². The van der Waals surface area contributed by atoms with Crippen LogP contribution in [-0.2, 0) is 0 Å². The number of aliphatic hydroxyl groups excluding tert-OH is 1. The van der Waals surface area contributed by atoms with E-state index in [-0.39, 0.29) is 6.10 Å². The van der Waals surface area contributed by atoms with Gasteiger partial charge in [0.1, 0.15) is 0 Å². The van der Waals surface area contributed by atoms with Gasteiger partial charge in [-0.2, -0.15) is 0 Å². The average molecular weight is 240 g/mol. The Morgan fingerprint density at radius 3 is 2.71 bits per heavy atom. The summed E-state index contributed by atoms with van der Waals surface area (Å²) in [6.07, 6.45) is 5.02. The standard InChI is InChI=1S/C14H28N2O/c1-3-6-16-9-13(11(2)17)7-14(10-16)15-8-12-4-5-12/h11-15,17H,3-10H2,1-2H3. The van der Waals surface area contributed by atoms with Crippen LogP contribution in [-0.4, -0.2) is 48.3 Å². The maximum Gasteiger partial charge on any atom is 0.0553 e. The van der Waals surface area contributed by atoms with E-state index < -0.39 is 0 Å². The summed E-state index contributed by atoms with van der Waals surface area (Å²) in [5, 5.41) is 13.5. The fourth-order valence-electron chi connectivity index (χ4n) is 2.88. The first-order valence-electron chi connectivity index (χ1n) is 7.32. The van der Waals surface area contributed by atoms with Gasteiger partial charge in [0.25, 0.3) is 0 Å². The molecular weight excluding hydrogens is 212 g/mol. The molecular formula is C14H28N2O. The van der Waals surface area contributed by atoms with Crippen LogP contribution >= 0.6 is 0 Å². The number of piperidine rings is 1. The minimum absolute atomic E-state index is 0.167. The molecule has 0 aromatic rings. The van der Waals surface area contributed by atoms with E-state index in [0.717, 1.165) is 18.9 Å². The fraction of sp³-hybridized carbons (Fsp3) is 1.00. The van der Waals surface area contributed by atoms with Crippen molar-refractivity contribution in [1.29, 1.82) is 0 Å². The molecule has 17 heavy (non-hydrogen) atoms. The summed E-state index contributed by atoms with van der Waals surface area (Å²) in [5.41, 5.74) is 0. The SMILES string of the molecule is CCCN1CC(NCC2CC2)CC(C(C)O)C1. The van der Waals surface area contributed by atoms with Gasteiger partial charge in [-0.1, -0.05) is 6.92 Å². The number of nitrogens with zero attached hydrogens (tertiary/aromatic N) is 1. The summed E-state index contributed by atoms with van der Waals surface area (Å²) >= 11 is 0. The number of nitrogens with one attached hydrogen (secondary N) is 1. The second-order valence-electron chi connectivity index (χ2n) is 6.04. The van der Waals surface area contributed by atoms with E-state index in [1.54, 1.807) is 0 Å². The normalized spacial score (nSPS) is 32.6. The third-order valence-electron chi connectivity index (χ3n) is 4.17. The Hall–Kier alpha value is -0.120. The Morgan fingerprint density at radius 1 is 1.35 bits per heavy atom. The summed E-state index contributed by atoms with van der Waals surface area (Å²) in [5.74, 6) is 1.40. The summed E-state index contributed by atoms with van der Waals surface area (Å²) in [6, 6.07) is 0.593. The molecule has 3 unspecified atom stereocenters. The van der Waals surface area contributed by atoms with Crippen LogP contribution in [0.1, 0.15) is 39.5 Å². The van der Waals surface area contributed by atoms with Crippen LogP contribution in [0.3, 0.4) is 0 Å². The van der Waals surface area contributed by atoms with Gasteiger partial charge in [0.05, 0.1) is 6.10 Å². The molecule has 2 N–H and O–H groups in total. The van der Waals surface area contributed by atoms with Crippen molar-refractivity contribution >= 4 is 0 Å². The highest BCUT2D eigenvalue weighted by molar-refractivity contribution is 4.87. The fourth-order valence-corrected chi connectivity index (χ4v) is 2.88. The number of rotatable bonds is 6. The van der Waals surface area contributed by atoms with E-state index in [1.165, 1.54) is 38.9 Å². The molecule has 1 saturated carbocycles. The molecule has 0 bridgehead atoms. The van der Waals surface area contributed by atoms with Gasteiger partial charge in [0.15, 0.2) is 0 Å². The number of aliphatic hydroxyl groups is 1. The lowest BCUT2D eigenvalue weighted by atomic mass is 9.90. The molecule has 3 heteroatoms. The van der Waals surface area contributed by atoms with E-state index in [1.807, 2.05) is 6.92 Å². The molecule has 3 nitrogen and oxygen atoms in total. The van der Waals surface area contributed by atoms with Crippen molar-refractivity contribution in [3.8, 4) is 0 Å². The highest BCUT2D eigenvalue weighted by Crippen LogP contribution is 2.28. The first-order valence-corrected chi connectivity index (χ1v) is 7.32. The van der Waals surface area contributed by atoms with Crippen molar-refractivity contribution in [3.63, 3.8) is 0 Å². The molecule has 2 rings (SSSR count). The highest BCUT2D eigenvalue weighted by atomic mass is 16.3. The van der Waals surface area contributed by atoms with E-state index in [2.05, 4.69) is 17.1 Å². The van der Waals surface area contributed by atoms with Crippen LogP contribution < -0.4 is 5.32 Å². The van der Waals surface area contributed by atoms with Crippen molar-refractivity contribution < 1.29 is 5.11 Å². The van der Waals surface area contributed by atoms with E-state index in [0.29, 0.717) is 12.0 Å². The van der Waals surface area contributed by atoms with Gasteiger partial charge in [0, 0.05) is 19.1 Å². The van der Waals surface area contributed by atoms with Crippen LogP contribution in [0.5, 0.6) is 0 Å². The molecule has 0 radical (unpaired) electrons. The monoisotopic (exact) mass is 240 g/mol. The first kappa shape index (κ1) is 13.3. The quantitative estimate of drug-likeness (QED) is 0.738. The molecule has 0 amide bonds. The molecule has 1 heterocycles. The van der Waals surface area contributed by atoms with Crippen LogP contribution in [0, 0.1) is 11.8 Å². The minimum Gasteiger partial charge on any atom is -0.393 e. The zero-order chi connectivity index (χ0) is 12.3. The zero-order valence-electron chi connectivity index (χ0n) is 11.4. The summed E-state index contributed by atoms with van der Waals surface area (Å²) in [7, 11) is 0.